The third kappa shape index (κ3) is 5.20. The predicted molar refractivity (Wildman–Crippen MR) is 87.3 cm³/mol. The first-order valence-electron chi connectivity index (χ1n) is 6.91. The van der Waals surface area contributed by atoms with Crippen LogP contribution in [0.5, 0.6) is 5.75 Å². The fourth-order valence-electron chi connectivity index (χ4n) is 1.93. The lowest BCUT2D eigenvalue weighted by atomic mass is 10.2. The van der Waals surface area contributed by atoms with E-state index in [1.54, 1.807) is 17.0 Å². The summed E-state index contributed by atoms with van der Waals surface area (Å²) in [6.07, 6.45) is 0. The molecule has 0 spiro atoms. The van der Waals surface area contributed by atoms with Gasteiger partial charge in [0.05, 0.1) is 25.9 Å². The fourth-order valence-corrected chi connectivity index (χ4v) is 2.08. The van der Waals surface area contributed by atoms with Crippen LogP contribution in [0.2, 0.25) is 5.02 Å². The number of halogens is 1. The zero-order valence-electron chi connectivity index (χ0n) is 13.3. The molecule has 0 saturated carbocycles. The Labute approximate surface area is 135 Å². The minimum atomic E-state index is -0.471. The van der Waals surface area contributed by atoms with Crippen LogP contribution in [-0.4, -0.2) is 43.0 Å². The topological polar surface area (TPSA) is 84.7 Å². The average molecular weight is 328 g/mol. The van der Waals surface area contributed by atoms with E-state index in [2.05, 4.69) is 5.32 Å². The first-order valence-corrected chi connectivity index (χ1v) is 7.28. The highest BCUT2D eigenvalue weighted by Crippen LogP contribution is 2.30. The van der Waals surface area contributed by atoms with Crippen molar-refractivity contribution in [1.82, 2.24) is 4.90 Å². The first kappa shape index (κ1) is 18.3. The second-order valence-corrected chi connectivity index (χ2v) is 5.72. The normalized spacial score (nSPS) is 10.9. The van der Waals surface area contributed by atoms with E-state index in [0.717, 1.165) is 5.56 Å². The lowest BCUT2D eigenvalue weighted by Crippen LogP contribution is -2.43. The molecule has 0 aliphatic rings. The zero-order valence-corrected chi connectivity index (χ0v) is 14.0. The summed E-state index contributed by atoms with van der Waals surface area (Å²) >= 11 is 6.03. The molecular formula is C15H22ClN3O3. The highest BCUT2D eigenvalue weighted by Gasteiger charge is 2.17. The summed E-state index contributed by atoms with van der Waals surface area (Å²) in [5, 5.41) is 3.33. The van der Waals surface area contributed by atoms with Crippen LogP contribution in [0.25, 0.3) is 0 Å². The monoisotopic (exact) mass is 327 g/mol. The number of hydrogen-bond donors (Lipinski definition) is 2. The summed E-state index contributed by atoms with van der Waals surface area (Å²) < 4.78 is 5.21. The number of benzene rings is 1. The molecule has 1 aromatic carbocycles. The number of carbonyl (C=O) groups excluding carboxylic acids is 2. The molecule has 122 valence electrons. The van der Waals surface area contributed by atoms with E-state index in [4.69, 9.17) is 22.1 Å². The first-order chi connectivity index (χ1) is 10.2. The Hall–Kier alpha value is -1.79. The van der Waals surface area contributed by atoms with E-state index in [9.17, 15) is 9.59 Å². The highest BCUT2D eigenvalue weighted by molar-refractivity contribution is 6.31. The molecule has 0 atom stereocenters. The lowest BCUT2D eigenvalue weighted by molar-refractivity contribution is -0.121. The number of hydrogen-bond acceptors (Lipinski definition) is 4. The second-order valence-electron chi connectivity index (χ2n) is 5.31. The van der Waals surface area contributed by atoms with E-state index >= 15 is 0 Å². The van der Waals surface area contributed by atoms with E-state index in [-0.39, 0.29) is 25.0 Å². The van der Waals surface area contributed by atoms with E-state index in [0.29, 0.717) is 16.5 Å². The summed E-state index contributed by atoms with van der Waals surface area (Å²) in [5.74, 6) is -0.244. The van der Waals surface area contributed by atoms with Gasteiger partial charge in [0.2, 0.25) is 11.8 Å². The molecule has 0 heterocycles. The quantitative estimate of drug-likeness (QED) is 0.799. The van der Waals surface area contributed by atoms with Gasteiger partial charge in [-0.05, 0) is 32.4 Å². The van der Waals surface area contributed by atoms with Crippen LogP contribution < -0.4 is 15.8 Å². The Bertz CT molecular complexity index is 561. The van der Waals surface area contributed by atoms with Crippen LogP contribution in [0, 0.1) is 6.92 Å². The summed E-state index contributed by atoms with van der Waals surface area (Å²) in [7, 11) is 1.50. The van der Waals surface area contributed by atoms with Gasteiger partial charge < -0.3 is 15.8 Å². The number of methoxy groups -OCH3 is 1. The molecule has 0 aromatic heterocycles. The van der Waals surface area contributed by atoms with Crippen molar-refractivity contribution >= 4 is 29.1 Å². The van der Waals surface area contributed by atoms with Crippen LogP contribution in [0.3, 0.4) is 0 Å². The molecule has 7 heteroatoms. The molecule has 2 amide bonds. The highest BCUT2D eigenvalue weighted by atomic mass is 35.5. The maximum Gasteiger partial charge on any atom is 0.238 e. The van der Waals surface area contributed by atoms with Crippen molar-refractivity contribution in [2.75, 3.05) is 25.5 Å². The summed E-state index contributed by atoms with van der Waals surface area (Å²) in [6, 6.07) is 3.41. The Balaban J connectivity index is 2.83. The number of nitrogens with zero attached hydrogens (tertiary/aromatic N) is 1. The average Bonchev–Trinajstić information content (AvgIpc) is 2.41. The van der Waals surface area contributed by atoms with E-state index in [1.807, 2.05) is 20.8 Å². The second kappa shape index (κ2) is 8.00. The molecule has 6 nitrogen and oxygen atoms in total. The number of amides is 2. The lowest BCUT2D eigenvalue weighted by Gasteiger charge is -2.24. The van der Waals surface area contributed by atoms with Crippen molar-refractivity contribution in [3.8, 4) is 5.75 Å². The minimum Gasteiger partial charge on any atom is -0.495 e. The Morgan fingerprint density at radius 2 is 2.00 bits per heavy atom. The van der Waals surface area contributed by atoms with Crippen LogP contribution in [0.15, 0.2) is 12.1 Å². The zero-order chi connectivity index (χ0) is 16.9. The van der Waals surface area contributed by atoms with Crippen LogP contribution in [-0.2, 0) is 9.59 Å². The van der Waals surface area contributed by atoms with Gasteiger partial charge in [-0.25, -0.2) is 0 Å². The van der Waals surface area contributed by atoms with Gasteiger partial charge in [-0.2, -0.15) is 0 Å². The maximum atomic E-state index is 12.2. The number of nitrogens with two attached hydrogens (primary N) is 1. The van der Waals surface area contributed by atoms with Gasteiger partial charge >= 0.3 is 0 Å². The molecule has 3 N–H and O–H groups in total. The standard InChI is InChI=1S/C15H22ClN3O3/c1-9(2)19(7-14(17)20)8-15(21)18-12-5-10(3)11(16)6-13(12)22-4/h5-6,9H,7-8H2,1-4H3,(H2,17,20)(H,18,21). The van der Waals surface area contributed by atoms with Crippen molar-refractivity contribution in [3.63, 3.8) is 0 Å². The smallest absolute Gasteiger partial charge is 0.238 e. The van der Waals surface area contributed by atoms with Gasteiger partial charge in [-0.15, -0.1) is 0 Å². The SMILES string of the molecule is COc1cc(Cl)c(C)cc1NC(=O)CN(CC(N)=O)C(C)C. The van der Waals surface area contributed by atoms with Crippen LogP contribution in [0.4, 0.5) is 5.69 Å². The Kier molecular flexibility index (Phi) is 6.64. The molecule has 1 aromatic rings. The van der Waals surface area contributed by atoms with Gasteiger partial charge in [-0.1, -0.05) is 11.6 Å². The summed E-state index contributed by atoms with van der Waals surface area (Å²) in [5.41, 5.74) is 6.56. The number of rotatable bonds is 7. The minimum absolute atomic E-state index is 0.0205. The van der Waals surface area contributed by atoms with Gasteiger partial charge in [0.1, 0.15) is 5.75 Å². The number of anilines is 1. The largest absolute Gasteiger partial charge is 0.495 e. The third-order valence-corrected chi connectivity index (χ3v) is 3.60. The summed E-state index contributed by atoms with van der Waals surface area (Å²) in [4.78, 5) is 24.9. The van der Waals surface area contributed by atoms with Gasteiger partial charge in [-0.3, -0.25) is 14.5 Å². The maximum absolute atomic E-state index is 12.2. The van der Waals surface area contributed by atoms with Crippen LogP contribution >= 0.6 is 11.6 Å². The van der Waals surface area contributed by atoms with Crippen molar-refractivity contribution < 1.29 is 14.3 Å². The molecule has 0 radical (unpaired) electrons. The molecule has 0 aliphatic carbocycles. The van der Waals surface area contributed by atoms with Crippen molar-refractivity contribution in [3.05, 3.63) is 22.7 Å². The van der Waals surface area contributed by atoms with Crippen molar-refractivity contribution in [2.45, 2.75) is 26.8 Å². The number of nitrogens with one attached hydrogen (secondary N) is 1. The van der Waals surface area contributed by atoms with Crippen molar-refractivity contribution in [2.24, 2.45) is 5.73 Å². The molecular weight excluding hydrogens is 306 g/mol. The fraction of sp³-hybridized carbons (Fsp3) is 0.467. The number of primary amides is 1. The number of aryl methyl sites for hydroxylation is 1. The van der Waals surface area contributed by atoms with Gasteiger partial charge in [0.15, 0.2) is 0 Å². The number of carbonyl (C=O) groups is 2. The molecule has 0 bridgehead atoms. The van der Waals surface area contributed by atoms with Gasteiger partial charge in [0, 0.05) is 17.1 Å². The van der Waals surface area contributed by atoms with E-state index in [1.165, 1.54) is 7.11 Å². The molecule has 0 unspecified atom stereocenters. The third-order valence-electron chi connectivity index (χ3n) is 3.19. The predicted octanol–water partition coefficient (Wildman–Crippen LogP) is 1.79. The Morgan fingerprint density at radius 3 is 2.50 bits per heavy atom. The number of ether oxygens (including phenoxy) is 1. The van der Waals surface area contributed by atoms with Gasteiger partial charge in [0.25, 0.3) is 0 Å². The molecule has 1 rings (SSSR count). The van der Waals surface area contributed by atoms with Crippen molar-refractivity contribution in [1.29, 1.82) is 0 Å². The Morgan fingerprint density at radius 1 is 1.36 bits per heavy atom. The van der Waals surface area contributed by atoms with E-state index < -0.39 is 5.91 Å². The molecule has 22 heavy (non-hydrogen) atoms. The molecule has 0 aliphatic heterocycles. The summed E-state index contributed by atoms with van der Waals surface area (Å²) in [6.45, 7) is 5.71. The molecule has 0 fully saturated rings. The molecule has 0 saturated heterocycles. The van der Waals surface area contributed by atoms with Crippen LogP contribution in [0.1, 0.15) is 19.4 Å².